The summed E-state index contributed by atoms with van der Waals surface area (Å²) in [5.74, 6) is -1.52. The third-order valence-corrected chi connectivity index (χ3v) is 5.23. The van der Waals surface area contributed by atoms with Crippen molar-refractivity contribution in [2.75, 3.05) is 5.32 Å². The van der Waals surface area contributed by atoms with Gasteiger partial charge in [0.1, 0.15) is 5.03 Å². The normalized spacial score (nSPS) is 12.8. The second-order valence-corrected chi connectivity index (χ2v) is 7.76. The van der Waals surface area contributed by atoms with Crippen LogP contribution in [0.2, 0.25) is 0 Å². The molecule has 3 rings (SSSR count). The molecule has 0 aliphatic rings. The molecule has 0 saturated heterocycles. The molecular weight excluding hydrogens is 387 g/mol. The Hall–Kier alpha value is -2.61. The van der Waals surface area contributed by atoms with Gasteiger partial charge in [-0.05, 0) is 44.0 Å². The van der Waals surface area contributed by atoms with E-state index >= 15 is 0 Å². The van der Waals surface area contributed by atoms with Crippen LogP contribution in [0.5, 0.6) is 0 Å². The quantitative estimate of drug-likeness (QED) is 0.467. The van der Waals surface area contributed by atoms with Crippen LogP contribution in [-0.4, -0.2) is 21.1 Å². The van der Waals surface area contributed by atoms with Crippen LogP contribution in [0, 0.1) is 13.8 Å². The van der Waals surface area contributed by atoms with Gasteiger partial charge in [0.25, 0.3) is 0 Å². The number of thioether (sulfide) groups is 1. The highest BCUT2D eigenvalue weighted by Crippen LogP contribution is 2.34. The molecule has 0 aliphatic carbocycles. The maximum absolute atomic E-state index is 13.1. The van der Waals surface area contributed by atoms with Crippen LogP contribution in [0.25, 0.3) is 10.9 Å². The van der Waals surface area contributed by atoms with Gasteiger partial charge in [0.15, 0.2) is 0 Å². The van der Waals surface area contributed by atoms with Gasteiger partial charge in [0, 0.05) is 11.1 Å². The van der Waals surface area contributed by atoms with Crippen LogP contribution in [0.3, 0.4) is 0 Å². The lowest BCUT2D eigenvalue weighted by atomic mass is 10.1. The van der Waals surface area contributed by atoms with E-state index in [2.05, 4.69) is 15.3 Å². The number of nitrogens with one attached hydrogen (secondary N) is 1. The Kier molecular flexibility index (Phi) is 5.60. The summed E-state index contributed by atoms with van der Waals surface area (Å²) in [6.07, 6.45) is -4.66. The third kappa shape index (κ3) is 4.44. The SMILES string of the molecule is Cc1ccc(C)c(NC(=O)C(C)Sc2nc(C(F)(F)F)nc3ccccc23)c1. The van der Waals surface area contributed by atoms with E-state index < -0.39 is 17.3 Å². The van der Waals surface area contributed by atoms with Gasteiger partial charge in [0.2, 0.25) is 11.7 Å². The first-order valence-electron chi connectivity index (χ1n) is 8.54. The number of fused-ring (bicyclic) bond motifs is 1. The second kappa shape index (κ2) is 7.79. The molecule has 0 spiro atoms. The number of rotatable bonds is 4. The van der Waals surface area contributed by atoms with Crippen LogP contribution in [-0.2, 0) is 11.0 Å². The largest absolute Gasteiger partial charge is 0.451 e. The number of hydrogen-bond donors (Lipinski definition) is 1. The van der Waals surface area contributed by atoms with Gasteiger partial charge in [0.05, 0.1) is 10.8 Å². The zero-order valence-electron chi connectivity index (χ0n) is 15.5. The zero-order valence-corrected chi connectivity index (χ0v) is 16.3. The molecule has 0 aliphatic heterocycles. The molecule has 146 valence electrons. The maximum Gasteiger partial charge on any atom is 0.451 e. The number of carbonyl (C=O) groups is 1. The van der Waals surface area contributed by atoms with Gasteiger partial charge in [-0.25, -0.2) is 9.97 Å². The maximum atomic E-state index is 13.1. The lowest BCUT2D eigenvalue weighted by molar-refractivity contribution is -0.145. The smallest absolute Gasteiger partial charge is 0.325 e. The summed E-state index contributed by atoms with van der Waals surface area (Å²) in [5.41, 5.74) is 2.77. The summed E-state index contributed by atoms with van der Waals surface area (Å²) in [6, 6.07) is 12.1. The number of nitrogens with zero attached hydrogens (tertiary/aromatic N) is 2. The van der Waals surface area contributed by atoms with Gasteiger partial charge in [-0.2, -0.15) is 13.2 Å². The summed E-state index contributed by atoms with van der Waals surface area (Å²) in [6.45, 7) is 5.43. The van der Waals surface area contributed by atoms with E-state index in [1.54, 1.807) is 25.1 Å². The highest BCUT2D eigenvalue weighted by molar-refractivity contribution is 8.00. The van der Waals surface area contributed by atoms with Crippen molar-refractivity contribution < 1.29 is 18.0 Å². The summed E-state index contributed by atoms with van der Waals surface area (Å²) < 4.78 is 39.4. The van der Waals surface area contributed by atoms with Crippen molar-refractivity contribution in [2.45, 2.75) is 37.2 Å². The predicted octanol–water partition coefficient (Wildman–Crippen LogP) is 5.38. The van der Waals surface area contributed by atoms with Gasteiger partial charge in [-0.3, -0.25) is 4.79 Å². The van der Waals surface area contributed by atoms with Crippen molar-refractivity contribution in [3.63, 3.8) is 0 Å². The Balaban J connectivity index is 1.88. The highest BCUT2D eigenvalue weighted by atomic mass is 32.2. The fraction of sp³-hybridized carbons (Fsp3) is 0.250. The molecule has 1 aromatic heterocycles. The minimum Gasteiger partial charge on any atom is -0.325 e. The molecule has 1 atom stereocenters. The topological polar surface area (TPSA) is 54.9 Å². The fourth-order valence-corrected chi connectivity index (χ4v) is 3.53. The molecule has 3 aromatic rings. The number of alkyl halides is 3. The van der Waals surface area contributed by atoms with Crippen molar-refractivity contribution in [3.05, 3.63) is 59.4 Å². The van der Waals surface area contributed by atoms with Crippen molar-refractivity contribution in [2.24, 2.45) is 0 Å². The minimum absolute atomic E-state index is 0.126. The van der Waals surface area contributed by atoms with Crippen LogP contribution in [0.1, 0.15) is 23.9 Å². The monoisotopic (exact) mass is 405 g/mol. The zero-order chi connectivity index (χ0) is 20.5. The molecule has 0 fully saturated rings. The predicted molar refractivity (Wildman–Crippen MR) is 104 cm³/mol. The standard InChI is InChI=1S/C20H18F3N3OS/c1-11-8-9-12(2)16(10-11)24-17(27)13(3)28-18-14-6-4-5-7-15(14)25-19(26-18)20(21,22)23/h4-10,13H,1-3H3,(H,24,27). The molecule has 0 bridgehead atoms. The molecule has 1 heterocycles. The minimum atomic E-state index is -4.66. The Labute approximate surface area is 164 Å². The summed E-state index contributed by atoms with van der Waals surface area (Å²) in [4.78, 5) is 19.9. The van der Waals surface area contributed by atoms with E-state index in [9.17, 15) is 18.0 Å². The number of halogens is 3. The van der Waals surface area contributed by atoms with Gasteiger partial charge in [-0.1, -0.05) is 42.1 Å². The molecule has 1 N–H and O–H groups in total. The van der Waals surface area contributed by atoms with Crippen LogP contribution in [0.15, 0.2) is 47.5 Å². The van der Waals surface area contributed by atoms with Crippen molar-refractivity contribution in [1.82, 2.24) is 9.97 Å². The van der Waals surface area contributed by atoms with Gasteiger partial charge in [-0.15, -0.1) is 0 Å². The summed E-state index contributed by atoms with van der Waals surface area (Å²) in [7, 11) is 0. The summed E-state index contributed by atoms with van der Waals surface area (Å²) >= 11 is 0.978. The first-order chi connectivity index (χ1) is 13.1. The van der Waals surface area contributed by atoms with E-state index in [1.807, 2.05) is 32.0 Å². The van der Waals surface area contributed by atoms with Crippen LogP contribution in [0.4, 0.5) is 18.9 Å². The molecular formula is C20H18F3N3OS. The first-order valence-corrected chi connectivity index (χ1v) is 9.42. The van der Waals surface area contributed by atoms with Crippen LogP contribution >= 0.6 is 11.8 Å². The average Bonchev–Trinajstić information content (AvgIpc) is 2.63. The van der Waals surface area contributed by atoms with E-state index in [4.69, 9.17) is 0 Å². The number of para-hydroxylation sites is 1. The third-order valence-electron chi connectivity index (χ3n) is 4.13. The number of aryl methyl sites for hydroxylation is 2. The molecule has 1 unspecified atom stereocenters. The second-order valence-electron chi connectivity index (χ2n) is 6.43. The number of amides is 1. The lowest BCUT2D eigenvalue weighted by Gasteiger charge is -2.15. The molecule has 2 aromatic carbocycles. The van der Waals surface area contributed by atoms with E-state index in [0.717, 1.165) is 22.9 Å². The molecule has 1 amide bonds. The van der Waals surface area contributed by atoms with E-state index in [1.165, 1.54) is 6.07 Å². The highest BCUT2D eigenvalue weighted by Gasteiger charge is 2.36. The molecule has 0 radical (unpaired) electrons. The van der Waals surface area contributed by atoms with Gasteiger partial charge >= 0.3 is 6.18 Å². The Morgan fingerprint density at radius 1 is 1.11 bits per heavy atom. The molecule has 0 saturated carbocycles. The number of hydrogen-bond acceptors (Lipinski definition) is 4. The van der Waals surface area contributed by atoms with Crippen molar-refractivity contribution in [3.8, 4) is 0 Å². The summed E-state index contributed by atoms with van der Waals surface area (Å²) in [5, 5.41) is 2.79. The fourth-order valence-electron chi connectivity index (χ4n) is 2.59. The number of benzene rings is 2. The lowest BCUT2D eigenvalue weighted by Crippen LogP contribution is -2.23. The molecule has 8 heteroatoms. The number of carbonyl (C=O) groups excluding carboxylic acids is 1. The van der Waals surface area contributed by atoms with Crippen molar-refractivity contribution >= 4 is 34.3 Å². The molecule has 28 heavy (non-hydrogen) atoms. The first kappa shape index (κ1) is 20.1. The number of aromatic nitrogens is 2. The van der Waals surface area contributed by atoms with Gasteiger partial charge < -0.3 is 5.32 Å². The Morgan fingerprint density at radius 3 is 2.54 bits per heavy atom. The molecule has 4 nitrogen and oxygen atoms in total. The van der Waals surface area contributed by atoms with E-state index in [0.29, 0.717) is 11.1 Å². The van der Waals surface area contributed by atoms with E-state index in [-0.39, 0.29) is 16.4 Å². The Bertz CT molecular complexity index is 1040. The van der Waals surface area contributed by atoms with Crippen molar-refractivity contribution in [1.29, 1.82) is 0 Å². The average molecular weight is 405 g/mol. The van der Waals surface area contributed by atoms with Crippen LogP contribution < -0.4 is 5.32 Å². The number of anilines is 1. The Morgan fingerprint density at radius 2 is 1.82 bits per heavy atom.